The quantitative estimate of drug-likeness (QED) is 0.588. The SMILES string of the molecule is NC1CCOCC1.[Y]. The molecule has 1 heterocycles. The zero-order valence-electron chi connectivity index (χ0n) is 4.97. The summed E-state index contributed by atoms with van der Waals surface area (Å²) in [6.45, 7) is 1.72. The van der Waals surface area contributed by atoms with E-state index in [1.165, 1.54) is 0 Å². The fourth-order valence-electron chi connectivity index (χ4n) is 0.716. The van der Waals surface area contributed by atoms with Gasteiger partial charge in [0.15, 0.2) is 0 Å². The molecule has 1 rings (SSSR count). The van der Waals surface area contributed by atoms with Crippen molar-refractivity contribution in [2.45, 2.75) is 18.9 Å². The molecule has 0 unspecified atom stereocenters. The fraction of sp³-hybridized carbons (Fsp3) is 1.00. The maximum Gasteiger partial charge on any atom is 0.0480 e. The molecule has 0 amide bonds. The molecule has 1 saturated heterocycles. The molecule has 2 nitrogen and oxygen atoms in total. The van der Waals surface area contributed by atoms with Crippen LogP contribution in [0.4, 0.5) is 0 Å². The largest absolute Gasteiger partial charge is 0.381 e. The van der Waals surface area contributed by atoms with Crippen LogP contribution in [0.5, 0.6) is 0 Å². The fourth-order valence-corrected chi connectivity index (χ4v) is 0.716. The third kappa shape index (κ3) is 3.13. The van der Waals surface area contributed by atoms with E-state index in [4.69, 9.17) is 10.5 Å². The van der Waals surface area contributed by atoms with E-state index >= 15 is 0 Å². The van der Waals surface area contributed by atoms with Crippen molar-refractivity contribution in [3.8, 4) is 0 Å². The second-order valence-corrected chi connectivity index (χ2v) is 1.95. The second-order valence-electron chi connectivity index (χ2n) is 1.95. The molecule has 1 aliphatic rings. The molecule has 0 atom stereocenters. The topological polar surface area (TPSA) is 35.2 Å². The molecule has 0 spiro atoms. The smallest absolute Gasteiger partial charge is 0.0480 e. The van der Waals surface area contributed by atoms with Crippen molar-refractivity contribution in [2.75, 3.05) is 13.2 Å². The van der Waals surface area contributed by atoms with Gasteiger partial charge in [-0.2, -0.15) is 0 Å². The van der Waals surface area contributed by atoms with E-state index in [0.717, 1.165) is 26.1 Å². The van der Waals surface area contributed by atoms with Gasteiger partial charge in [0.25, 0.3) is 0 Å². The van der Waals surface area contributed by atoms with Gasteiger partial charge in [-0.1, -0.05) is 0 Å². The van der Waals surface area contributed by atoms with Crippen molar-refractivity contribution in [1.82, 2.24) is 0 Å². The zero-order valence-corrected chi connectivity index (χ0v) is 7.81. The third-order valence-electron chi connectivity index (χ3n) is 1.27. The number of nitrogens with two attached hydrogens (primary N) is 1. The molecule has 0 bridgehead atoms. The van der Waals surface area contributed by atoms with Gasteiger partial charge < -0.3 is 10.5 Å². The first kappa shape index (κ1) is 9.02. The summed E-state index contributed by atoms with van der Waals surface area (Å²) < 4.78 is 5.06. The van der Waals surface area contributed by atoms with Crippen molar-refractivity contribution in [2.24, 2.45) is 5.73 Å². The van der Waals surface area contributed by atoms with Crippen molar-refractivity contribution in [3.63, 3.8) is 0 Å². The first-order chi connectivity index (χ1) is 3.39. The Morgan fingerprint density at radius 3 is 2.00 bits per heavy atom. The van der Waals surface area contributed by atoms with Crippen LogP contribution >= 0.6 is 0 Å². The van der Waals surface area contributed by atoms with E-state index in [1.807, 2.05) is 0 Å². The van der Waals surface area contributed by atoms with Gasteiger partial charge in [-0.3, -0.25) is 0 Å². The Morgan fingerprint density at radius 2 is 1.75 bits per heavy atom. The Balaban J connectivity index is 0.000000490. The minimum atomic E-state index is 0. The number of ether oxygens (including phenoxy) is 1. The Hall–Kier alpha value is 1.02. The maximum atomic E-state index is 5.55. The monoisotopic (exact) mass is 190 g/mol. The number of rotatable bonds is 0. The molecule has 0 aromatic carbocycles. The van der Waals surface area contributed by atoms with Crippen molar-refractivity contribution in [1.29, 1.82) is 0 Å². The molecule has 0 aromatic heterocycles. The van der Waals surface area contributed by atoms with Crippen LogP contribution < -0.4 is 5.73 Å². The number of hydrogen-bond acceptors (Lipinski definition) is 2. The van der Waals surface area contributed by atoms with Crippen LogP contribution in [-0.4, -0.2) is 19.3 Å². The van der Waals surface area contributed by atoms with Crippen LogP contribution in [-0.2, 0) is 37.4 Å². The van der Waals surface area contributed by atoms with E-state index in [9.17, 15) is 0 Å². The standard InChI is InChI=1S/C5H11NO.Y/c6-5-1-3-7-4-2-5;/h5H,1-4,6H2;. The Bertz CT molecular complexity index is 54.4. The Labute approximate surface area is 75.0 Å². The normalized spacial score (nSPS) is 22.1. The predicted octanol–water partition coefficient (Wildman–Crippen LogP) is 0.122. The van der Waals surface area contributed by atoms with Crippen LogP contribution in [0.3, 0.4) is 0 Å². The molecule has 8 heavy (non-hydrogen) atoms. The van der Waals surface area contributed by atoms with Gasteiger partial charge in [0.1, 0.15) is 0 Å². The van der Waals surface area contributed by atoms with E-state index < -0.39 is 0 Å². The second kappa shape index (κ2) is 4.86. The molecule has 3 heteroatoms. The molecule has 1 fully saturated rings. The molecule has 1 radical (unpaired) electrons. The number of hydrogen-bond donors (Lipinski definition) is 1. The molecular formula is C5H11NOY. The van der Waals surface area contributed by atoms with Crippen molar-refractivity contribution < 1.29 is 37.4 Å². The minimum Gasteiger partial charge on any atom is -0.381 e. The molecule has 0 aliphatic carbocycles. The van der Waals surface area contributed by atoms with Crippen LogP contribution in [0, 0.1) is 0 Å². The van der Waals surface area contributed by atoms with Gasteiger partial charge >= 0.3 is 0 Å². The average molecular weight is 190 g/mol. The van der Waals surface area contributed by atoms with Gasteiger partial charge in [-0.15, -0.1) is 0 Å². The first-order valence-electron chi connectivity index (χ1n) is 2.73. The summed E-state index contributed by atoms with van der Waals surface area (Å²) >= 11 is 0. The first-order valence-corrected chi connectivity index (χ1v) is 2.73. The predicted molar refractivity (Wildman–Crippen MR) is 28.0 cm³/mol. The summed E-state index contributed by atoms with van der Waals surface area (Å²) in [6, 6.07) is 0.411. The van der Waals surface area contributed by atoms with E-state index in [1.54, 1.807) is 0 Å². The van der Waals surface area contributed by atoms with Gasteiger partial charge in [-0.05, 0) is 12.8 Å². The molecular weight excluding hydrogens is 179 g/mol. The minimum absolute atomic E-state index is 0. The van der Waals surface area contributed by atoms with E-state index in [0.29, 0.717) is 6.04 Å². The zero-order chi connectivity index (χ0) is 5.11. The molecule has 2 N–H and O–H groups in total. The summed E-state index contributed by atoms with van der Waals surface area (Å²) in [6.07, 6.45) is 2.08. The average Bonchev–Trinajstić information content (AvgIpc) is 1.69. The summed E-state index contributed by atoms with van der Waals surface area (Å²) in [4.78, 5) is 0. The van der Waals surface area contributed by atoms with Gasteiger partial charge in [-0.25, -0.2) is 0 Å². The van der Waals surface area contributed by atoms with Crippen LogP contribution in [0.1, 0.15) is 12.8 Å². The van der Waals surface area contributed by atoms with Crippen molar-refractivity contribution >= 4 is 0 Å². The Kier molecular flexibility index (Phi) is 5.48. The summed E-state index contributed by atoms with van der Waals surface area (Å²) in [5.74, 6) is 0. The van der Waals surface area contributed by atoms with Crippen molar-refractivity contribution in [3.05, 3.63) is 0 Å². The molecule has 0 aromatic rings. The van der Waals surface area contributed by atoms with E-state index in [-0.39, 0.29) is 32.7 Å². The van der Waals surface area contributed by atoms with Crippen LogP contribution in [0.15, 0.2) is 0 Å². The summed E-state index contributed by atoms with van der Waals surface area (Å²) in [5.41, 5.74) is 5.55. The molecule has 0 saturated carbocycles. The summed E-state index contributed by atoms with van der Waals surface area (Å²) in [5, 5.41) is 0. The maximum absolute atomic E-state index is 5.55. The van der Waals surface area contributed by atoms with Gasteiger partial charge in [0, 0.05) is 52.0 Å². The van der Waals surface area contributed by atoms with Gasteiger partial charge in [0.2, 0.25) is 0 Å². The summed E-state index contributed by atoms with van der Waals surface area (Å²) in [7, 11) is 0. The van der Waals surface area contributed by atoms with Crippen LogP contribution in [0.2, 0.25) is 0 Å². The Morgan fingerprint density at radius 1 is 1.25 bits per heavy atom. The van der Waals surface area contributed by atoms with Gasteiger partial charge in [0.05, 0.1) is 0 Å². The molecule has 45 valence electrons. The van der Waals surface area contributed by atoms with E-state index in [2.05, 4.69) is 0 Å². The van der Waals surface area contributed by atoms with Crippen LogP contribution in [0.25, 0.3) is 0 Å². The third-order valence-corrected chi connectivity index (χ3v) is 1.27. The molecule has 1 aliphatic heterocycles.